The molecule has 0 saturated heterocycles. The Morgan fingerprint density at radius 2 is 1.76 bits per heavy atom. The van der Waals surface area contributed by atoms with E-state index in [9.17, 15) is 27.6 Å². The highest BCUT2D eigenvalue weighted by Crippen LogP contribution is 2.40. The number of rotatable bonds is 5. The molecule has 1 aliphatic heterocycles. The van der Waals surface area contributed by atoms with E-state index in [2.05, 4.69) is 10.6 Å². The average Bonchev–Trinajstić information content (AvgIpc) is 2.70. The Labute approximate surface area is 193 Å². The number of fused-ring (bicyclic) bond motifs is 1. The third-order valence-corrected chi connectivity index (χ3v) is 6.51. The normalized spacial score (nSPS) is 15.5. The Hall–Kier alpha value is -3.01. The molecule has 0 spiro atoms. The summed E-state index contributed by atoms with van der Waals surface area (Å²) in [5, 5.41) is 4.46. The molecule has 2 aromatic carbocycles. The Kier molecular flexibility index (Phi) is 7.06. The van der Waals surface area contributed by atoms with Crippen molar-refractivity contribution >= 4 is 40.9 Å². The number of nitrogens with one attached hydrogen (secondary N) is 2. The minimum atomic E-state index is -4.52. The fourth-order valence-electron chi connectivity index (χ4n) is 3.64. The third-order valence-electron chi connectivity index (χ3n) is 5.23. The number of alkyl halides is 3. The van der Waals surface area contributed by atoms with Crippen LogP contribution in [0.15, 0.2) is 35.2 Å². The van der Waals surface area contributed by atoms with E-state index in [1.165, 1.54) is 18.0 Å². The number of nitrogens with zero attached hydrogens (tertiary/aromatic N) is 1. The van der Waals surface area contributed by atoms with Gasteiger partial charge in [0.25, 0.3) is 0 Å². The van der Waals surface area contributed by atoms with Crippen molar-refractivity contribution in [2.24, 2.45) is 0 Å². The molecule has 2 N–H and O–H groups in total. The molecule has 0 saturated carbocycles. The van der Waals surface area contributed by atoms with E-state index in [-0.39, 0.29) is 24.6 Å². The summed E-state index contributed by atoms with van der Waals surface area (Å²) in [4.78, 5) is 39.1. The molecule has 33 heavy (non-hydrogen) atoms. The maximum atomic E-state index is 12.9. The van der Waals surface area contributed by atoms with Crippen molar-refractivity contribution in [3.8, 4) is 0 Å². The number of benzene rings is 2. The van der Waals surface area contributed by atoms with Crippen LogP contribution in [0, 0.1) is 20.8 Å². The first-order valence-electron chi connectivity index (χ1n) is 10.2. The lowest BCUT2D eigenvalue weighted by Crippen LogP contribution is -2.39. The van der Waals surface area contributed by atoms with E-state index in [1.54, 1.807) is 0 Å². The molecule has 1 atom stereocenters. The minimum Gasteiger partial charge on any atom is -0.336 e. The number of hydrogen-bond acceptors (Lipinski definition) is 4. The van der Waals surface area contributed by atoms with E-state index in [0.29, 0.717) is 10.6 Å². The van der Waals surface area contributed by atoms with Crippen LogP contribution >= 0.6 is 11.8 Å². The quantitative estimate of drug-likeness (QED) is 0.661. The van der Waals surface area contributed by atoms with Gasteiger partial charge in [0.15, 0.2) is 0 Å². The van der Waals surface area contributed by atoms with Gasteiger partial charge in [-0.2, -0.15) is 13.2 Å². The van der Waals surface area contributed by atoms with Gasteiger partial charge < -0.3 is 15.5 Å². The van der Waals surface area contributed by atoms with E-state index in [0.717, 1.165) is 40.6 Å². The molecule has 0 unspecified atom stereocenters. The molecule has 0 radical (unpaired) electrons. The van der Waals surface area contributed by atoms with E-state index < -0.39 is 28.8 Å². The Bertz CT molecular complexity index is 1090. The first-order chi connectivity index (χ1) is 15.3. The third kappa shape index (κ3) is 5.87. The number of aryl methyl sites for hydroxylation is 3. The van der Waals surface area contributed by atoms with Crippen LogP contribution in [0.2, 0.25) is 0 Å². The van der Waals surface area contributed by atoms with Crippen molar-refractivity contribution in [1.29, 1.82) is 0 Å². The van der Waals surface area contributed by atoms with Gasteiger partial charge in [0.2, 0.25) is 17.7 Å². The van der Waals surface area contributed by atoms with Gasteiger partial charge >= 0.3 is 6.18 Å². The fourth-order valence-corrected chi connectivity index (χ4v) is 4.72. The van der Waals surface area contributed by atoms with Gasteiger partial charge in [0.05, 0.1) is 23.0 Å². The summed E-state index contributed by atoms with van der Waals surface area (Å²) in [5.74, 6) is -1.35. The first kappa shape index (κ1) is 24.6. The molecule has 1 heterocycles. The molecule has 3 amide bonds. The summed E-state index contributed by atoms with van der Waals surface area (Å²) in [7, 11) is 1.46. The number of amides is 3. The molecule has 0 aliphatic carbocycles. The maximum Gasteiger partial charge on any atom is 0.416 e. The van der Waals surface area contributed by atoms with Crippen LogP contribution in [-0.2, 0) is 20.6 Å². The van der Waals surface area contributed by atoms with Gasteiger partial charge in [-0.15, -0.1) is 11.8 Å². The van der Waals surface area contributed by atoms with Crippen LogP contribution < -0.4 is 10.6 Å². The molecular formula is C23H24F3N3O3S. The molecule has 3 rings (SSSR count). The Balaban J connectivity index is 1.61. The van der Waals surface area contributed by atoms with Crippen molar-refractivity contribution in [1.82, 2.24) is 4.90 Å². The number of hydrogen-bond donors (Lipinski definition) is 2. The van der Waals surface area contributed by atoms with Crippen LogP contribution in [0.25, 0.3) is 0 Å². The summed E-state index contributed by atoms with van der Waals surface area (Å²) < 4.78 is 38.7. The second kappa shape index (κ2) is 9.46. The summed E-state index contributed by atoms with van der Waals surface area (Å²) in [6.07, 6.45) is -4.71. The van der Waals surface area contributed by atoms with Crippen molar-refractivity contribution in [2.45, 2.75) is 43.5 Å². The number of carbonyl (C=O) groups is 3. The summed E-state index contributed by atoms with van der Waals surface area (Å²) >= 11 is 1.03. The lowest BCUT2D eigenvalue weighted by atomic mass is 10.1. The predicted octanol–water partition coefficient (Wildman–Crippen LogP) is 4.53. The number of carbonyl (C=O) groups excluding carboxylic acids is 3. The summed E-state index contributed by atoms with van der Waals surface area (Å²) in [6.45, 7) is 5.54. The molecule has 10 heteroatoms. The Morgan fingerprint density at radius 1 is 1.12 bits per heavy atom. The highest BCUT2D eigenvalue weighted by atomic mass is 32.2. The molecule has 6 nitrogen and oxygen atoms in total. The largest absolute Gasteiger partial charge is 0.416 e. The SMILES string of the molecule is Cc1cc(C)c(NC(=O)CN(C)C(=O)C[C@@H]2Sc3ccc(C(F)(F)F)cc3NC2=O)c(C)c1. The van der Waals surface area contributed by atoms with E-state index in [1.807, 2.05) is 32.9 Å². The monoisotopic (exact) mass is 479 g/mol. The highest BCUT2D eigenvalue weighted by molar-refractivity contribution is 8.01. The Morgan fingerprint density at radius 3 is 2.36 bits per heavy atom. The van der Waals surface area contributed by atoms with Gasteiger partial charge in [-0.25, -0.2) is 0 Å². The number of thioether (sulfide) groups is 1. The van der Waals surface area contributed by atoms with Crippen LogP contribution in [-0.4, -0.2) is 41.5 Å². The van der Waals surface area contributed by atoms with E-state index >= 15 is 0 Å². The average molecular weight is 480 g/mol. The molecule has 2 aromatic rings. The zero-order valence-electron chi connectivity index (χ0n) is 18.6. The van der Waals surface area contributed by atoms with Crippen LogP contribution in [0.5, 0.6) is 0 Å². The second-order valence-electron chi connectivity index (χ2n) is 8.08. The van der Waals surface area contributed by atoms with Crippen LogP contribution in [0.4, 0.5) is 24.5 Å². The van der Waals surface area contributed by atoms with Crippen molar-refractivity contribution in [3.63, 3.8) is 0 Å². The number of halogens is 3. The summed E-state index contributed by atoms with van der Waals surface area (Å²) in [5.41, 5.74) is 2.81. The minimum absolute atomic E-state index is 0.0695. The van der Waals surface area contributed by atoms with E-state index in [4.69, 9.17) is 0 Å². The maximum absolute atomic E-state index is 12.9. The van der Waals surface area contributed by atoms with Gasteiger partial charge in [0.1, 0.15) is 0 Å². The number of likely N-dealkylation sites (N-methyl/N-ethyl adjacent to an activating group) is 1. The standard InChI is InChI=1S/C23H24F3N3O3S/c1-12-7-13(2)21(14(3)8-12)28-19(30)11-29(4)20(31)10-18-22(32)27-16-9-15(23(24,25)26)5-6-17(16)33-18/h5-9,18H,10-11H2,1-4H3,(H,27,32)(H,28,30)/t18-/m0/s1. The topological polar surface area (TPSA) is 78.5 Å². The van der Waals surface area contributed by atoms with Crippen LogP contribution in [0.1, 0.15) is 28.7 Å². The lowest BCUT2D eigenvalue weighted by Gasteiger charge is -2.26. The zero-order valence-corrected chi connectivity index (χ0v) is 19.4. The molecular weight excluding hydrogens is 455 g/mol. The van der Waals surface area contributed by atoms with Gasteiger partial charge in [-0.1, -0.05) is 17.7 Å². The number of anilines is 2. The zero-order chi connectivity index (χ0) is 24.5. The predicted molar refractivity (Wildman–Crippen MR) is 121 cm³/mol. The van der Waals surface area contributed by atoms with Crippen molar-refractivity contribution < 1.29 is 27.6 Å². The van der Waals surface area contributed by atoms with Gasteiger partial charge in [0, 0.05) is 24.1 Å². The van der Waals surface area contributed by atoms with Gasteiger partial charge in [-0.05, 0) is 50.1 Å². The van der Waals surface area contributed by atoms with Gasteiger partial charge in [-0.3, -0.25) is 14.4 Å². The molecule has 0 fully saturated rings. The highest BCUT2D eigenvalue weighted by Gasteiger charge is 2.34. The fraction of sp³-hybridized carbons (Fsp3) is 0.348. The van der Waals surface area contributed by atoms with Crippen molar-refractivity contribution in [2.75, 3.05) is 24.2 Å². The molecule has 0 aromatic heterocycles. The lowest BCUT2D eigenvalue weighted by molar-refractivity contribution is -0.137. The summed E-state index contributed by atoms with van der Waals surface area (Å²) in [6, 6.07) is 7.00. The second-order valence-corrected chi connectivity index (χ2v) is 9.32. The smallest absolute Gasteiger partial charge is 0.336 e. The van der Waals surface area contributed by atoms with Crippen LogP contribution in [0.3, 0.4) is 0 Å². The first-order valence-corrected chi connectivity index (χ1v) is 11.0. The molecule has 1 aliphatic rings. The van der Waals surface area contributed by atoms with Crippen molar-refractivity contribution in [3.05, 3.63) is 52.6 Å². The molecule has 0 bridgehead atoms. The molecule has 176 valence electrons.